The Kier molecular flexibility index (Phi) is 4.78. The number of hydrogen-bond acceptors (Lipinski definition) is 7. The van der Waals surface area contributed by atoms with Crippen LogP contribution in [0, 0.1) is 18.6 Å². The van der Waals surface area contributed by atoms with Crippen molar-refractivity contribution in [1.29, 1.82) is 0 Å². The zero-order valence-corrected chi connectivity index (χ0v) is 18.6. The number of rotatable bonds is 4. The highest BCUT2D eigenvalue weighted by atomic mass is 19.2. The Morgan fingerprint density at radius 1 is 0.941 bits per heavy atom. The number of nitrogens with zero attached hydrogens (tertiary/aromatic N) is 8. The molecule has 1 fully saturated rings. The van der Waals surface area contributed by atoms with Gasteiger partial charge >= 0.3 is 0 Å². The van der Waals surface area contributed by atoms with Crippen LogP contribution in [0.25, 0.3) is 11.4 Å². The van der Waals surface area contributed by atoms with E-state index in [1.165, 1.54) is 12.1 Å². The SMILES string of the molecule is Cc1ncn(C2CCN(c3cnc(-c4cnc(N)nc4)n3C3Cc4cc(F)c(F)cc4C3)C2)n1. The Morgan fingerprint density at radius 3 is 2.29 bits per heavy atom. The zero-order valence-electron chi connectivity index (χ0n) is 18.6. The molecule has 1 atom stereocenters. The lowest BCUT2D eigenvalue weighted by Gasteiger charge is -2.25. The van der Waals surface area contributed by atoms with Crippen LogP contribution in [0.1, 0.15) is 35.5 Å². The summed E-state index contributed by atoms with van der Waals surface area (Å²) in [6.45, 7) is 3.47. The molecule has 1 aromatic carbocycles. The van der Waals surface area contributed by atoms with Crippen molar-refractivity contribution in [2.45, 2.75) is 38.3 Å². The topological polar surface area (TPSA) is 104 Å². The summed E-state index contributed by atoms with van der Waals surface area (Å²) in [7, 11) is 0. The van der Waals surface area contributed by atoms with E-state index in [2.05, 4.69) is 29.5 Å². The van der Waals surface area contributed by atoms with Crippen LogP contribution >= 0.6 is 0 Å². The molecule has 3 aromatic heterocycles. The molecule has 1 unspecified atom stereocenters. The van der Waals surface area contributed by atoms with E-state index in [4.69, 9.17) is 10.7 Å². The van der Waals surface area contributed by atoms with Gasteiger partial charge in [-0.25, -0.2) is 33.4 Å². The number of benzene rings is 1. The van der Waals surface area contributed by atoms with E-state index in [9.17, 15) is 8.78 Å². The second-order valence-electron chi connectivity index (χ2n) is 8.90. The Balaban J connectivity index is 1.38. The van der Waals surface area contributed by atoms with E-state index in [-0.39, 0.29) is 18.0 Å². The predicted molar refractivity (Wildman–Crippen MR) is 121 cm³/mol. The maximum Gasteiger partial charge on any atom is 0.219 e. The molecule has 1 aliphatic carbocycles. The average molecular weight is 463 g/mol. The molecule has 0 radical (unpaired) electrons. The highest BCUT2D eigenvalue weighted by Gasteiger charge is 2.33. The van der Waals surface area contributed by atoms with Crippen molar-refractivity contribution >= 4 is 11.8 Å². The molecule has 9 nitrogen and oxygen atoms in total. The van der Waals surface area contributed by atoms with Crippen molar-refractivity contribution in [2.24, 2.45) is 0 Å². The van der Waals surface area contributed by atoms with Gasteiger partial charge in [-0.1, -0.05) is 0 Å². The summed E-state index contributed by atoms with van der Waals surface area (Å²) in [5.74, 6) is 0.952. The molecule has 34 heavy (non-hydrogen) atoms. The number of hydrogen-bond donors (Lipinski definition) is 1. The van der Waals surface area contributed by atoms with E-state index < -0.39 is 11.6 Å². The molecule has 1 saturated heterocycles. The summed E-state index contributed by atoms with van der Waals surface area (Å²) >= 11 is 0. The van der Waals surface area contributed by atoms with Crippen LogP contribution in [0.4, 0.5) is 20.5 Å². The molecular weight excluding hydrogens is 440 g/mol. The highest BCUT2D eigenvalue weighted by Crippen LogP contribution is 2.39. The van der Waals surface area contributed by atoms with E-state index in [0.29, 0.717) is 18.7 Å². The molecule has 0 bridgehead atoms. The number of fused-ring (bicyclic) bond motifs is 1. The van der Waals surface area contributed by atoms with E-state index in [1.807, 2.05) is 17.8 Å². The van der Waals surface area contributed by atoms with E-state index in [1.54, 1.807) is 18.7 Å². The summed E-state index contributed by atoms with van der Waals surface area (Å²) in [5, 5.41) is 4.48. The Morgan fingerprint density at radius 2 is 1.65 bits per heavy atom. The monoisotopic (exact) mass is 463 g/mol. The Bertz CT molecular complexity index is 1330. The van der Waals surface area contributed by atoms with Gasteiger partial charge in [0.05, 0.1) is 17.8 Å². The Labute approximate surface area is 194 Å². The zero-order chi connectivity index (χ0) is 23.4. The lowest BCUT2D eigenvalue weighted by molar-refractivity contribution is 0.488. The second kappa shape index (κ2) is 7.86. The van der Waals surface area contributed by atoms with Crippen LogP contribution < -0.4 is 10.6 Å². The molecule has 11 heteroatoms. The van der Waals surface area contributed by atoms with Crippen LogP contribution in [-0.2, 0) is 12.8 Å². The van der Waals surface area contributed by atoms with Gasteiger partial charge in [-0.2, -0.15) is 5.10 Å². The third-order valence-corrected chi connectivity index (χ3v) is 6.71. The molecule has 6 rings (SSSR count). The Hall–Kier alpha value is -3.89. The van der Waals surface area contributed by atoms with Crippen molar-refractivity contribution in [1.82, 2.24) is 34.3 Å². The highest BCUT2D eigenvalue weighted by molar-refractivity contribution is 5.60. The molecule has 4 aromatic rings. The van der Waals surface area contributed by atoms with E-state index in [0.717, 1.165) is 47.8 Å². The molecule has 0 spiro atoms. The molecular formula is C23H23F2N9. The van der Waals surface area contributed by atoms with Gasteiger partial charge in [0, 0.05) is 31.5 Å². The molecule has 174 valence electrons. The number of nitrogens with two attached hydrogens (primary N) is 1. The lowest BCUT2D eigenvalue weighted by atomic mass is 10.1. The fourth-order valence-corrected chi connectivity index (χ4v) is 5.09. The number of anilines is 2. The minimum Gasteiger partial charge on any atom is -0.368 e. The first-order valence-electron chi connectivity index (χ1n) is 11.2. The summed E-state index contributed by atoms with van der Waals surface area (Å²) in [4.78, 5) is 19.5. The average Bonchev–Trinajstić information content (AvgIpc) is 3.59. The third kappa shape index (κ3) is 3.47. The van der Waals surface area contributed by atoms with E-state index >= 15 is 0 Å². The minimum absolute atomic E-state index is 0.0473. The van der Waals surface area contributed by atoms with Crippen molar-refractivity contribution in [3.8, 4) is 11.4 Å². The van der Waals surface area contributed by atoms with Crippen molar-refractivity contribution in [3.63, 3.8) is 0 Å². The molecule has 0 saturated carbocycles. The fourth-order valence-electron chi connectivity index (χ4n) is 5.09. The third-order valence-electron chi connectivity index (χ3n) is 6.71. The van der Waals surface area contributed by atoms with Gasteiger partial charge in [0.1, 0.15) is 23.8 Å². The van der Waals surface area contributed by atoms with Crippen molar-refractivity contribution in [2.75, 3.05) is 23.7 Å². The summed E-state index contributed by atoms with van der Waals surface area (Å²) in [6, 6.07) is 2.78. The normalized spacial score (nSPS) is 18.1. The molecule has 2 aliphatic rings. The van der Waals surface area contributed by atoms with Gasteiger partial charge in [0.2, 0.25) is 5.95 Å². The van der Waals surface area contributed by atoms with Gasteiger partial charge in [0.25, 0.3) is 0 Å². The number of halogens is 2. The van der Waals surface area contributed by atoms with Gasteiger partial charge in [0.15, 0.2) is 11.6 Å². The minimum atomic E-state index is -0.817. The van der Waals surface area contributed by atoms with Gasteiger partial charge in [-0.15, -0.1) is 0 Å². The van der Waals surface area contributed by atoms with Crippen LogP contribution in [-0.4, -0.2) is 47.4 Å². The van der Waals surface area contributed by atoms with Gasteiger partial charge in [-0.05, 0) is 49.4 Å². The van der Waals surface area contributed by atoms with Crippen molar-refractivity contribution < 1.29 is 8.78 Å². The quantitative estimate of drug-likeness (QED) is 0.496. The van der Waals surface area contributed by atoms with Crippen LogP contribution in [0.15, 0.2) is 37.1 Å². The molecule has 4 heterocycles. The summed E-state index contributed by atoms with van der Waals surface area (Å²) < 4.78 is 31.9. The predicted octanol–water partition coefficient (Wildman–Crippen LogP) is 2.89. The van der Waals surface area contributed by atoms with Gasteiger partial charge in [-0.3, -0.25) is 0 Å². The first kappa shape index (κ1) is 20.7. The lowest BCUT2D eigenvalue weighted by Crippen LogP contribution is -2.25. The first-order valence-corrected chi connectivity index (χ1v) is 11.2. The maximum absolute atomic E-state index is 13.9. The molecule has 1 aliphatic heterocycles. The van der Waals surface area contributed by atoms with Crippen molar-refractivity contribution in [3.05, 3.63) is 65.6 Å². The number of imidazole rings is 1. The molecule has 0 amide bonds. The van der Waals surface area contributed by atoms with Crippen LogP contribution in [0.3, 0.4) is 0 Å². The number of aryl methyl sites for hydroxylation is 1. The fraction of sp³-hybridized carbons (Fsp3) is 0.348. The van der Waals surface area contributed by atoms with Gasteiger partial charge < -0.3 is 15.2 Å². The number of nitrogen functional groups attached to an aromatic ring is 1. The molecule has 2 N–H and O–H groups in total. The number of aromatic nitrogens is 7. The first-order chi connectivity index (χ1) is 16.5. The largest absolute Gasteiger partial charge is 0.368 e. The standard InChI is InChI=1S/C23H23F2N9/c1-13-30-12-33(31-13)17-2-3-32(11-17)21-10-27-22(16-8-28-23(26)29-9-16)34(21)18-4-14-6-19(24)20(25)7-15(14)5-18/h6-10,12,17-18H,2-5,11H2,1H3,(H2,26,28,29). The van der Waals surface area contributed by atoms with Crippen LogP contribution in [0.2, 0.25) is 0 Å². The summed E-state index contributed by atoms with van der Waals surface area (Å²) in [5.41, 5.74) is 8.06. The smallest absolute Gasteiger partial charge is 0.219 e. The maximum atomic E-state index is 13.9. The summed E-state index contributed by atoms with van der Waals surface area (Å²) in [6.07, 6.45) is 9.01. The second-order valence-corrected chi connectivity index (χ2v) is 8.90. The van der Waals surface area contributed by atoms with Crippen LogP contribution in [0.5, 0.6) is 0 Å².